The third-order valence-corrected chi connectivity index (χ3v) is 6.09. The molecule has 0 aromatic carbocycles. The molecule has 2 aliphatic rings. The van der Waals surface area contributed by atoms with E-state index in [-0.39, 0.29) is 17.4 Å². The van der Waals surface area contributed by atoms with Crippen LogP contribution in [0.25, 0.3) is 22.2 Å². The van der Waals surface area contributed by atoms with E-state index in [4.69, 9.17) is 10.8 Å². The average Bonchev–Trinajstić information content (AvgIpc) is 3.55. The monoisotopic (exact) mass is 366 g/mol. The number of pyridine rings is 1. The molecule has 27 heavy (non-hydrogen) atoms. The molecule has 2 aliphatic carbocycles. The van der Waals surface area contributed by atoms with Crippen molar-refractivity contribution in [3.63, 3.8) is 0 Å². The van der Waals surface area contributed by atoms with Crippen molar-refractivity contribution >= 4 is 16.7 Å². The first-order valence-corrected chi connectivity index (χ1v) is 9.88. The molecule has 3 heterocycles. The largest absolute Gasteiger partial charge is 0.382 e. The number of anilines is 1. The van der Waals surface area contributed by atoms with Crippen LogP contribution < -0.4 is 11.3 Å². The van der Waals surface area contributed by atoms with Crippen molar-refractivity contribution < 1.29 is 0 Å². The lowest BCUT2D eigenvalue weighted by molar-refractivity contribution is 0.386. The van der Waals surface area contributed by atoms with Gasteiger partial charge in [-0.1, -0.05) is 13.8 Å². The summed E-state index contributed by atoms with van der Waals surface area (Å²) in [7, 11) is 1.96. The molecule has 0 atom stereocenters. The van der Waals surface area contributed by atoms with E-state index in [1.54, 1.807) is 0 Å². The zero-order valence-corrected chi connectivity index (χ0v) is 16.1. The fourth-order valence-electron chi connectivity index (χ4n) is 4.44. The van der Waals surface area contributed by atoms with Crippen molar-refractivity contribution in [2.75, 3.05) is 5.73 Å². The van der Waals surface area contributed by atoms with Gasteiger partial charge in [-0.15, -0.1) is 0 Å². The SMILES string of the molecule is CC(C)c1cc(-c2cn(C(C3CC3)C3CC3)c(=O)c3c(N)n[nH]c23)nn1C. The van der Waals surface area contributed by atoms with Gasteiger partial charge >= 0.3 is 0 Å². The second-order valence-electron chi connectivity index (χ2n) is 8.51. The summed E-state index contributed by atoms with van der Waals surface area (Å²) >= 11 is 0. The van der Waals surface area contributed by atoms with E-state index in [1.165, 1.54) is 25.7 Å². The highest BCUT2D eigenvalue weighted by molar-refractivity contribution is 5.97. The first-order chi connectivity index (χ1) is 13.0. The Bertz CT molecular complexity index is 1070. The predicted molar refractivity (Wildman–Crippen MR) is 106 cm³/mol. The number of nitrogen functional groups attached to an aromatic ring is 1. The van der Waals surface area contributed by atoms with Crippen LogP contribution in [0.1, 0.15) is 57.2 Å². The molecule has 2 fully saturated rings. The molecule has 7 nitrogen and oxygen atoms in total. The van der Waals surface area contributed by atoms with Gasteiger partial charge in [-0.25, -0.2) is 0 Å². The quantitative estimate of drug-likeness (QED) is 0.725. The molecule has 142 valence electrons. The molecule has 0 radical (unpaired) electrons. The Morgan fingerprint density at radius 2 is 1.89 bits per heavy atom. The molecule has 0 aliphatic heterocycles. The predicted octanol–water partition coefficient (Wildman–Crippen LogP) is 3.19. The Balaban J connectivity index is 1.76. The Hall–Kier alpha value is -2.57. The van der Waals surface area contributed by atoms with Crippen LogP contribution in [-0.2, 0) is 7.05 Å². The molecule has 2 saturated carbocycles. The van der Waals surface area contributed by atoms with Gasteiger partial charge in [0.2, 0.25) is 0 Å². The molecule has 3 aromatic rings. The van der Waals surface area contributed by atoms with Gasteiger partial charge in [0.25, 0.3) is 5.56 Å². The molecule has 5 rings (SSSR count). The van der Waals surface area contributed by atoms with Gasteiger partial charge in [-0.3, -0.25) is 14.6 Å². The Kier molecular flexibility index (Phi) is 3.51. The standard InChI is InChI=1S/C20H26N6O/c1-10(2)15-8-14(24-25(15)3)13-9-26(18(11-4-5-11)12-6-7-12)20(27)16-17(13)22-23-19(16)21/h8-12,18H,4-7H2,1-3H3,(H3,21,22,23). The second kappa shape index (κ2) is 5.71. The zero-order chi connectivity index (χ0) is 18.9. The lowest BCUT2D eigenvalue weighted by Crippen LogP contribution is -2.27. The van der Waals surface area contributed by atoms with Crippen molar-refractivity contribution in [3.8, 4) is 11.3 Å². The molecule has 3 aromatic heterocycles. The lowest BCUT2D eigenvalue weighted by Gasteiger charge is -2.20. The molecule has 0 unspecified atom stereocenters. The summed E-state index contributed by atoms with van der Waals surface area (Å²) in [5.74, 6) is 1.87. The highest BCUT2D eigenvalue weighted by Gasteiger charge is 2.43. The number of aromatic nitrogens is 5. The minimum atomic E-state index is -0.0242. The van der Waals surface area contributed by atoms with Crippen LogP contribution in [0.15, 0.2) is 17.1 Å². The van der Waals surface area contributed by atoms with Crippen molar-refractivity contribution in [3.05, 3.63) is 28.3 Å². The van der Waals surface area contributed by atoms with E-state index < -0.39 is 0 Å². The topological polar surface area (TPSA) is 94.5 Å². The Morgan fingerprint density at radius 1 is 1.22 bits per heavy atom. The highest BCUT2D eigenvalue weighted by Crippen LogP contribution is 2.52. The Labute approximate surface area is 157 Å². The maximum atomic E-state index is 13.3. The van der Waals surface area contributed by atoms with Crippen LogP contribution in [0.2, 0.25) is 0 Å². The second-order valence-corrected chi connectivity index (χ2v) is 8.51. The first kappa shape index (κ1) is 16.6. The number of fused-ring (bicyclic) bond motifs is 1. The molecule has 7 heteroatoms. The normalized spacial score (nSPS) is 17.5. The summed E-state index contributed by atoms with van der Waals surface area (Å²) in [6, 6.07) is 2.39. The summed E-state index contributed by atoms with van der Waals surface area (Å²) in [5, 5.41) is 12.3. The Morgan fingerprint density at radius 3 is 2.44 bits per heavy atom. The van der Waals surface area contributed by atoms with Gasteiger partial charge in [0, 0.05) is 30.5 Å². The third-order valence-electron chi connectivity index (χ3n) is 6.09. The van der Waals surface area contributed by atoms with Crippen LogP contribution in [-0.4, -0.2) is 24.5 Å². The molecule has 0 saturated heterocycles. The fraction of sp³-hybridized carbons (Fsp3) is 0.550. The fourth-order valence-corrected chi connectivity index (χ4v) is 4.44. The van der Waals surface area contributed by atoms with Crippen LogP contribution in [0.3, 0.4) is 0 Å². The van der Waals surface area contributed by atoms with Gasteiger partial charge in [-0.2, -0.15) is 10.2 Å². The average molecular weight is 366 g/mol. The molecule has 0 amide bonds. The van der Waals surface area contributed by atoms with Gasteiger partial charge in [0.05, 0.1) is 11.2 Å². The van der Waals surface area contributed by atoms with E-state index >= 15 is 0 Å². The zero-order valence-electron chi connectivity index (χ0n) is 16.1. The van der Waals surface area contributed by atoms with Crippen molar-refractivity contribution in [1.82, 2.24) is 24.5 Å². The van der Waals surface area contributed by atoms with Crippen molar-refractivity contribution in [1.29, 1.82) is 0 Å². The number of hydrogen-bond donors (Lipinski definition) is 2. The van der Waals surface area contributed by atoms with Crippen molar-refractivity contribution in [2.24, 2.45) is 18.9 Å². The number of H-pyrrole nitrogens is 1. The molecule has 0 spiro atoms. The molecule has 3 N–H and O–H groups in total. The van der Waals surface area contributed by atoms with E-state index in [0.29, 0.717) is 28.7 Å². The number of aromatic amines is 1. The third kappa shape index (κ3) is 2.59. The molecular formula is C20H26N6O. The first-order valence-electron chi connectivity index (χ1n) is 9.88. The van der Waals surface area contributed by atoms with E-state index in [1.807, 2.05) is 22.5 Å². The van der Waals surface area contributed by atoms with Gasteiger partial charge < -0.3 is 10.3 Å². The summed E-state index contributed by atoms with van der Waals surface area (Å²) < 4.78 is 3.86. The number of nitrogens with one attached hydrogen (secondary N) is 1. The highest BCUT2D eigenvalue weighted by atomic mass is 16.1. The molecule has 0 bridgehead atoms. The van der Waals surface area contributed by atoms with Crippen LogP contribution in [0.4, 0.5) is 5.82 Å². The summed E-state index contributed by atoms with van der Waals surface area (Å²) in [6.07, 6.45) is 6.84. The van der Waals surface area contributed by atoms with Crippen LogP contribution in [0.5, 0.6) is 0 Å². The van der Waals surface area contributed by atoms with Crippen LogP contribution in [0, 0.1) is 11.8 Å². The number of nitrogens with two attached hydrogens (primary N) is 1. The van der Waals surface area contributed by atoms with Gasteiger partial charge in [-0.05, 0) is 49.5 Å². The minimum Gasteiger partial charge on any atom is -0.382 e. The van der Waals surface area contributed by atoms with E-state index in [0.717, 1.165) is 17.0 Å². The number of rotatable bonds is 5. The van der Waals surface area contributed by atoms with E-state index in [9.17, 15) is 4.79 Å². The number of aryl methyl sites for hydroxylation is 1. The minimum absolute atomic E-state index is 0.0242. The summed E-state index contributed by atoms with van der Waals surface area (Å²) in [5.41, 5.74) is 9.66. The smallest absolute Gasteiger partial charge is 0.264 e. The lowest BCUT2D eigenvalue weighted by atomic mass is 10.0. The number of hydrogen-bond acceptors (Lipinski definition) is 4. The summed E-state index contributed by atoms with van der Waals surface area (Å²) in [6.45, 7) is 4.31. The maximum absolute atomic E-state index is 13.3. The number of nitrogens with zero attached hydrogens (tertiary/aromatic N) is 4. The van der Waals surface area contributed by atoms with E-state index in [2.05, 4.69) is 30.1 Å². The maximum Gasteiger partial charge on any atom is 0.264 e. The van der Waals surface area contributed by atoms with Gasteiger partial charge in [0.15, 0.2) is 5.82 Å². The van der Waals surface area contributed by atoms with Crippen LogP contribution >= 0.6 is 0 Å². The molecular weight excluding hydrogens is 340 g/mol. The summed E-state index contributed by atoms with van der Waals surface area (Å²) in [4.78, 5) is 13.3. The van der Waals surface area contributed by atoms with Crippen molar-refractivity contribution in [2.45, 2.75) is 51.5 Å². The van der Waals surface area contributed by atoms with Gasteiger partial charge in [0.1, 0.15) is 5.39 Å².